The summed E-state index contributed by atoms with van der Waals surface area (Å²) in [6.07, 6.45) is 3.70. The highest BCUT2D eigenvalue weighted by atomic mass is 19.2. The van der Waals surface area contributed by atoms with Crippen LogP contribution in [0.3, 0.4) is 0 Å². The van der Waals surface area contributed by atoms with Crippen molar-refractivity contribution < 1.29 is 110 Å². The summed E-state index contributed by atoms with van der Waals surface area (Å²) >= 11 is 0. The van der Waals surface area contributed by atoms with Gasteiger partial charge in [0, 0.05) is 55.4 Å². The molecule has 12 bridgehead atoms. The van der Waals surface area contributed by atoms with Gasteiger partial charge in [0.05, 0.1) is 67.5 Å². The Bertz CT molecular complexity index is 5070. The molecule has 456 valence electrons. The van der Waals surface area contributed by atoms with E-state index >= 15 is 87.8 Å². The van der Waals surface area contributed by atoms with Gasteiger partial charge in [0.25, 0.3) is 0 Å². The number of hydrogen-bond acceptors (Lipinski definition) is 3. The molecule has 3 aliphatic heterocycles. The van der Waals surface area contributed by atoms with Gasteiger partial charge in [-0.1, -0.05) is 0 Å². The number of rotatable bonds is 5. The second-order valence-corrected chi connectivity index (χ2v) is 19.1. The third kappa shape index (κ3) is 8.73. The van der Waals surface area contributed by atoms with Crippen molar-refractivity contribution in [3.63, 3.8) is 0 Å². The molecule has 0 radical (unpaired) electrons. The van der Waals surface area contributed by atoms with Crippen molar-refractivity contribution in [2.45, 2.75) is 0 Å². The smallest absolute Gasteiger partial charge is 0.200 e. The molecule has 90 heavy (non-hydrogen) atoms. The van der Waals surface area contributed by atoms with Gasteiger partial charge in [-0.05, 0) is 72.9 Å². The lowest BCUT2D eigenvalue weighted by Gasteiger charge is -2.11. The molecule has 6 nitrogen and oxygen atoms in total. The van der Waals surface area contributed by atoms with Gasteiger partial charge in [0.1, 0.15) is 0 Å². The third-order valence-electron chi connectivity index (χ3n) is 14.2. The van der Waals surface area contributed by atoms with Crippen LogP contribution in [0.1, 0.15) is 34.2 Å². The second-order valence-electron chi connectivity index (χ2n) is 19.1. The molecule has 0 amide bonds. The molecule has 0 fully saturated rings. The molecule has 0 spiro atoms. The fourth-order valence-electron chi connectivity index (χ4n) is 10.1. The molecule has 0 saturated heterocycles. The molecule has 0 aliphatic carbocycles. The maximum absolute atomic E-state index is 16.3. The normalized spacial score (nSPS) is 12.4. The Balaban J connectivity index is 1.37. The number of H-pyrrole nitrogens is 3. The van der Waals surface area contributed by atoms with E-state index in [1.807, 2.05) is 0 Å². The second kappa shape index (κ2) is 21.3. The lowest BCUT2D eigenvalue weighted by Crippen LogP contribution is -2.06. The number of hydrogen-bond donors (Lipinski definition) is 3. The quantitative estimate of drug-likeness (QED) is 0.0912. The van der Waals surface area contributed by atoms with E-state index in [0.29, 0.717) is 48.6 Å². The van der Waals surface area contributed by atoms with Crippen LogP contribution < -0.4 is 0 Å². The van der Waals surface area contributed by atoms with Crippen molar-refractivity contribution >= 4 is 69.6 Å². The van der Waals surface area contributed by atoms with Crippen molar-refractivity contribution in [3.05, 3.63) is 216 Å². The Labute approximate surface area is 479 Å². The summed E-state index contributed by atoms with van der Waals surface area (Å²) in [6, 6.07) is 3.87. The molecular weight excluding hydrogens is 1270 g/mol. The predicted octanol–water partition coefficient (Wildman–Crippen LogP) is 18.5. The molecular formula is C59H15F25N6. The zero-order valence-corrected chi connectivity index (χ0v) is 42.7. The van der Waals surface area contributed by atoms with Crippen LogP contribution in [0, 0.1) is 145 Å². The Morgan fingerprint density at radius 1 is 0.156 bits per heavy atom. The van der Waals surface area contributed by atoms with E-state index in [0.717, 1.165) is 24.3 Å². The lowest BCUT2D eigenvalue weighted by molar-refractivity contribution is 0.381. The first-order valence-corrected chi connectivity index (χ1v) is 24.5. The van der Waals surface area contributed by atoms with Gasteiger partial charge in [-0.3, -0.25) is 0 Å². The van der Waals surface area contributed by atoms with Gasteiger partial charge < -0.3 is 15.0 Å². The number of nitrogens with zero attached hydrogens (tertiary/aromatic N) is 3. The van der Waals surface area contributed by atoms with Crippen LogP contribution >= 0.6 is 0 Å². The maximum atomic E-state index is 16.3. The molecule has 31 heteroatoms. The summed E-state index contributed by atoms with van der Waals surface area (Å²) < 4.78 is 389. The molecule has 0 unspecified atom stereocenters. The number of benzene rings is 5. The van der Waals surface area contributed by atoms with Gasteiger partial charge in [0.2, 0.25) is 29.1 Å². The van der Waals surface area contributed by atoms with E-state index in [4.69, 9.17) is 0 Å². The van der Waals surface area contributed by atoms with Crippen LogP contribution in [-0.2, 0) is 0 Å². The predicted molar refractivity (Wildman–Crippen MR) is 270 cm³/mol. The molecule has 0 atom stereocenters. The standard InChI is InChI=1S/C59H15F25N6/c60-35-30(36(61)46(71)55(80)45(35)70)25-15-3-1-13(85-15)14-2-4-16(86-14)26(31-37(62)47(72)56(81)48(73)38(31)63)18-6-8-20(88-18)28(33-41(66)51(76)58(83)52(77)42(33)67)22-10-12-24(90-22)29(34-43(68)53(78)59(84)54(79)44(34)69)23-11-9-21(89-23)27(19-7-5-17(25)87-19)32-39(64)49(74)57(82)50(75)40(32)65/h1-12,85,88-89H. The van der Waals surface area contributed by atoms with Crippen LogP contribution in [0.4, 0.5) is 110 Å². The monoisotopic (exact) mass is 1280 g/mol. The van der Waals surface area contributed by atoms with E-state index in [9.17, 15) is 22.0 Å². The van der Waals surface area contributed by atoms with E-state index in [2.05, 4.69) is 29.9 Å². The number of aromatic amines is 3. The van der Waals surface area contributed by atoms with E-state index in [1.54, 1.807) is 0 Å². The van der Waals surface area contributed by atoms with Crippen LogP contribution in [0.2, 0.25) is 0 Å². The van der Waals surface area contributed by atoms with Crippen molar-refractivity contribution in [1.82, 2.24) is 29.9 Å². The first kappa shape index (κ1) is 59.7. The van der Waals surface area contributed by atoms with Crippen LogP contribution in [0.15, 0.2) is 36.4 Å². The fraction of sp³-hybridized carbons (Fsp3) is 0. The number of fused-ring (bicyclic) bond motifs is 13. The van der Waals surface area contributed by atoms with Gasteiger partial charge >= 0.3 is 0 Å². The lowest BCUT2D eigenvalue weighted by atomic mass is 10.0. The fourth-order valence-corrected chi connectivity index (χ4v) is 10.1. The summed E-state index contributed by atoms with van der Waals surface area (Å²) in [5.74, 6) is -67.9. The molecule has 7 heterocycles. The van der Waals surface area contributed by atoms with Crippen molar-refractivity contribution in [2.75, 3.05) is 0 Å². The van der Waals surface area contributed by atoms with Gasteiger partial charge in [-0.25, -0.2) is 125 Å². The SMILES string of the molecule is Fc1c(F)c(F)c(-c2c3nc(c(-c4c(F)c(F)c(F)c(F)c4F)c4ccc([nH]4)c(-c4c(F)c(F)c(F)c(F)c4F)c4nc(c(-c5c(F)c(F)c(F)c(F)c5F)c5ccc([nH]5)c(-c5c(F)c(F)c(F)c(F)c5F)c5nc(c6ccc2[nH]6)C=C5)C=C4)C=C3)c(F)c1F. The minimum atomic E-state index is -2.84. The summed E-state index contributed by atoms with van der Waals surface area (Å²) in [7, 11) is 0. The van der Waals surface area contributed by atoms with Gasteiger partial charge in [-0.15, -0.1) is 0 Å². The summed E-state index contributed by atoms with van der Waals surface area (Å²) in [4.78, 5) is 19.0. The highest BCUT2D eigenvalue weighted by molar-refractivity contribution is 6.01. The molecule has 3 N–H and O–H groups in total. The molecule has 9 aromatic rings. The zero-order chi connectivity index (χ0) is 64.9. The average molecular weight is 1280 g/mol. The number of nitrogens with one attached hydrogen (secondary N) is 3. The zero-order valence-electron chi connectivity index (χ0n) is 42.7. The minimum absolute atomic E-state index is 0.474. The summed E-state index contributed by atoms with van der Waals surface area (Å²) in [5.41, 5.74) is -28.4. The van der Waals surface area contributed by atoms with E-state index < -0.39 is 268 Å². The Morgan fingerprint density at radius 3 is 0.478 bits per heavy atom. The Kier molecular flexibility index (Phi) is 14.1. The Hall–Kier alpha value is -10.6. The molecule has 4 aromatic heterocycles. The highest BCUT2D eigenvalue weighted by Gasteiger charge is 2.36. The Morgan fingerprint density at radius 2 is 0.289 bits per heavy atom. The van der Waals surface area contributed by atoms with E-state index in [1.165, 1.54) is 0 Å². The van der Waals surface area contributed by atoms with Crippen LogP contribution in [0.5, 0.6) is 0 Å². The van der Waals surface area contributed by atoms with E-state index in [-0.39, 0.29) is 0 Å². The highest BCUT2D eigenvalue weighted by Crippen LogP contribution is 2.46. The van der Waals surface area contributed by atoms with Crippen molar-refractivity contribution in [1.29, 1.82) is 0 Å². The summed E-state index contributed by atoms with van der Waals surface area (Å²) in [6.45, 7) is 0. The largest absolute Gasteiger partial charge is 0.354 e. The van der Waals surface area contributed by atoms with Crippen molar-refractivity contribution in [2.24, 2.45) is 0 Å². The number of aromatic nitrogens is 6. The third-order valence-corrected chi connectivity index (χ3v) is 14.2. The topological polar surface area (TPSA) is 86.0 Å². The average Bonchev–Trinajstić information content (AvgIpc) is 1.50. The molecule has 0 saturated carbocycles. The molecule has 12 rings (SSSR count). The first-order chi connectivity index (χ1) is 42.6. The molecule has 3 aliphatic rings. The minimum Gasteiger partial charge on any atom is -0.354 e. The van der Waals surface area contributed by atoms with Gasteiger partial charge in [0.15, 0.2) is 116 Å². The maximum Gasteiger partial charge on any atom is 0.200 e. The summed E-state index contributed by atoms with van der Waals surface area (Å²) in [5, 5.41) is 0. The van der Waals surface area contributed by atoms with Crippen LogP contribution in [-0.4, -0.2) is 29.9 Å². The van der Waals surface area contributed by atoms with Gasteiger partial charge in [-0.2, -0.15) is 0 Å². The van der Waals surface area contributed by atoms with Crippen molar-refractivity contribution in [3.8, 4) is 55.6 Å². The first-order valence-electron chi connectivity index (χ1n) is 24.5. The number of halogens is 25. The molecule has 5 aromatic carbocycles. The van der Waals surface area contributed by atoms with Crippen LogP contribution in [0.25, 0.3) is 125 Å².